The summed E-state index contributed by atoms with van der Waals surface area (Å²) < 4.78 is 7.04. The number of allylic oxidation sites excluding steroid dienone is 4. The van der Waals surface area contributed by atoms with Gasteiger partial charge in [-0.1, -0.05) is 47.1 Å². The second kappa shape index (κ2) is 12.2. The summed E-state index contributed by atoms with van der Waals surface area (Å²) in [5, 5.41) is 10.1. The van der Waals surface area contributed by atoms with Crippen molar-refractivity contribution in [3.05, 3.63) is 23.0 Å². The van der Waals surface area contributed by atoms with Gasteiger partial charge in [0.25, 0.3) is 0 Å². The van der Waals surface area contributed by atoms with E-state index in [4.69, 9.17) is 10.5 Å². The lowest BCUT2D eigenvalue weighted by atomic mass is 9.37. The number of ketones is 1. The quantitative estimate of drug-likeness (QED) is 0.194. The lowest BCUT2D eigenvalue weighted by Crippen LogP contribution is -2.64. The highest BCUT2D eigenvalue weighted by atomic mass is 16.5. The van der Waals surface area contributed by atoms with Crippen LogP contribution in [0.4, 0.5) is 0 Å². The predicted molar refractivity (Wildman–Crippen MR) is 181 cm³/mol. The number of primary amides is 1. The van der Waals surface area contributed by atoms with Crippen LogP contribution in [0.3, 0.4) is 0 Å². The summed E-state index contributed by atoms with van der Waals surface area (Å²) in [5.74, 6) is -0.258. The Morgan fingerprint density at radius 2 is 1.68 bits per heavy atom. The number of aldehydes is 1. The van der Waals surface area contributed by atoms with E-state index in [1.807, 2.05) is 6.92 Å². The van der Waals surface area contributed by atoms with Crippen LogP contribution in [0, 0.1) is 63.1 Å². The van der Waals surface area contributed by atoms with Crippen LogP contribution in [-0.2, 0) is 23.9 Å². The standard InChI is InChI=1S/C40H59NO6/c1-23(26(36(45)46)10-11-33(41)44)34(25-8-7-9-25)47-32-15-19-40(6)31(37(32,2)3)14-18-39(5)28-13-17-38(4)16-12-24(22-42)20-29(38)27(28)21-30(43)35(39)40/h21-24,26,28-29,31-32,35H,7-20H2,1-6H3,(H2,41,44)(H,45,46). The van der Waals surface area contributed by atoms with Gasteiger partial charge in [0.15, 0.2) is 5.78 Å². The fourth-order valence-electron chi connectivity index (χ4n) is 12.4. The topological polar surface area (TPSA) is 124 Å². The molecule has 0 aromatic carbocycles. The van der Waals surface area contributed by atoms with Gasteiger partial charge in [-0.15, -0.1) is 0 Å². The zero-order valence-corrected chi connectivity index (χ0v) is 29.7. The first-order chi connectivity index (χ1) is 22.1. The number of hydrogen-bond acceptors (Lipinski definition) is 5. The van der Waals surface area contributed by atoms with Crippen molar-refractivity contribution < 1.29 is 29.0 Å². The van der Waals surface area contributed by atoms with Gasteiger partial charge in [-0.05, 0) is 129 Å². The van der Waals surface area contributed by atoms with Gasteiger partial charge in [-0.3, -0.25) is 14.4 Å². The Balaban J connectivity index is 1.27. The van der Waals surface area contributed by atoms with Crippen molar-refractivity contribution in [3.63, 3.8) is 0 Å². The maximum absolute atomic E-state index is 14.5. The van der Waals surface area contributed by atoms with Crippen LogP contribution >= 0.6 is 0 Å². The summed E-state index contributed by atoms with van der Waals surface area (Å²) in [7, 11) is 0. The van der Waals surface area contributed by atoms with Gasteiger partial charge in [0.2, 0.25) is 5.91 Å². The van der Waals surface area contributed by atoms with Gasteiger partial charge in [-0.25, -0.2) is 0 Å². The largest absolute Gasteiger partial charge is 0.494 e. The first kappa shape index (κ1) is 34.4. The number of carboxylic acids is 1. The Labute approximate surface area is 281 Å². The maximum atomic E-state index is 14.5. The molecule has 0 heterocycles. The molecule has 47 heavy (non-hydrogen) atoms. The molecule has 0 aliphatic heterocycles. The van der Waals surface area contributed by atoms with E-state index in [-0.39, 0.29) is 58.4 Å². The summed E-state index contributed by atoms with van der Waals surface area (Å²) in [5.41, 5.74) is 7.71. The van der Waals surface area contributed by atoms with E-state index in [2.05, 4.69) is 40.7 Å². The molecule has 7 heteroatoms. The summed E-state index contributed by atoms with van der Waals surface area (Å²) in [4.78, 5) is 50.4. The third-order valence-electron chi connectivity index (χ3n) is 15.2. The summed E-state index contributed by atoms with van der Waals surface area (Å²) >= 11 is 0. The molecule has 0 aromatic heterocycles. The number of carboxylic acid groups (broad SMARTS) is 1. The van der Waals surface area contributed by atoms with Gasteiger partial charge in [0, 0.05) is 29.6 Å². The Hall–Kier alpha value is -2.44. The van der Waals surface area contributed by atoms with Crippen molar-refractivity contribution in [2.45, 2.75) is 138 Å². The van der Waals surface area contributed by atoms with Crippen molar-refractivity contribution >= 4 is 23.9 Å². The molecule has 11 unspecified atom stereocenters. The number of hydrogen-bond donors (Lipinski definition) is 2. The molecule has 0 radical (unpaired) electrons. The van der Waals surface area contributed by atoms with E-state index >= 15 is 0 Å². The van der Waals surface area contributed by atoms with Crippen LogP contribution in [0.2, 0.25) is 0 Å². The number of aliphatic carboxylic acids is 1. The molecule has 3 N–H and O–H groups in total. The normalized spacial score (nSPS) is 41.8. The van der Waals surface area contributed by atoms with Crippen molar-refractivity contribution in [2.24, 2.45) is 68.8 Å². The van der Waals surface area contributed by atoms with Gasteiger partial charge in [0.1, 0.15) is 12.4 Å². The number of fused-ring (bicyclic) bond motifs is 7. The monoisotopic (exact) mass is 649 g/mol. The average Bonchev–Trinajstić information content (AvgIpc) is 2.96. The highest BCUT2D eigenvalue weighted by Crippen LogP contribution is 2.71. The van der Waals surface area contributed by atoms with Gasteiger partial charge in [0.05, 0.1) is 11.7 Å². The van der Waals surface area contributed by atoms with Crippen molar-refractivity contribution in [3.8, 4) is 0 Å². The first-order valence-electron chi connectivity index (χ1n) is 18.7. The summed E-state index contributed by atoms with van der Waals surface area (Å²) in [6.45, 7) is 13.8. The Morgan fingerprint density at radius 1 is 1.00 bits per heavy atom. The predicted octanol–water partition coefficient (Wildman–Crippen LogP) is 7.81. The zero-order valence-electron chi connectivity index (χ0n) is 29.7. The minimum atomic E-state index is -0.914. The third-order valence-corrected chi connectivity index (χ3v) is 15.2. The molecular formula is C40H59NO6. The van der Waals surface area contributed by atoms with Crippen LogP contribution in [0.15, 0.2) is 23.0 Å². The average molecular weight is 650 g/mol. The van der Waals surface area contributed by atoms with Crippen molar-refractivity contribution in [2.75, 3.05) is 0 Å². The Kier molecular flexibility index (Phi) is 8.90. The number of ether oxygens (including phenoxy) is 1. The smallest absolute Gasteiger partial charge is 0.307 e. The second-order valence-corrected chi connectivity index (χ2v) is 18.1. The highest BCUT2D eigenvalue weighted by molar-refractivity contribution is 5.95. The van der Waals surface area contributed by atoms with Gasteiger partial charge in [-0.2, -0.15) is 0 Å². The number of amides is 1. The number of carbonyl (C=O) groups is 4. The van der Waals surface area contributed by atoms with E-state index in [9.17, 15) is 24.3 Å². The van der Waals surface area contributed by atoms with Gasteiger partial charge >= 0.3 is 5.97 Å². The number of carbonyl (C=O) groups excluding carboxylic acids is 3. The Bertz CT molecular complexity index is 1370. The van der Waals surface area contributed by atoms with Gasteiger partial charge < -0.3 is 20.4 Å². The second-order valence-electron chi connectivity index (χ2n) is 18.1. The fourth-order valence-corrected chi connectivity index (χ4v) is 12.4. The molecule has 260 valence electrons. The van der Waals surface area contributed by atoms with E-state index < -0.39 is 17.8 Å². The van der Waals surface area contributed by atoms with E-state index in [1.54, 1.807) is 0 Å². The number of rotatable bonds is 9. The molecule has 1 amide bonds. The lowest BCUT2D eigenvalue weighted by Gasteiger charge is -2.67. The molecule has 0 aromatic rings. The highest BCUT2D eigenvalue weighted by Gasteiger charge is 2.67. The molecule has 6 aliphatic rings. The van der Waals surface area contributed by atoms with Crippen LogP contribution < -0.4 is 5.73 Å². The lowest BCUT2D eigenvalue weighted by molar-refractivity contribution is -0.192. The summed E-state index contributed by atoms with van der Waals surface area (Å²) in [6, 6.07) is 0. The van der Waals surface area contributed by atoms with Crippen molar-refractivity contribution in [1.82, 2.24) is 0 Å². The maximum Gasteiger partial charge on any atom is 0.307 e. The molecule has 6 rings (SSSR count). The van der Waals surface area contributed by atoms with E-state index in [0.717, 1.165) is 82.7 Å². The molecular weight excluding hydrogens is 590 g/mol. The van der Waals surface area contributed by atoms with Crippen molar-refractivity contribution in [1.29, 1.82) is 0 Å². The first-order valence-corrected chi connectivity index (χ1v) is 18.7. The third kappa shape index (κ3) is 5.54. The van der Waals surface area contributed by atoms with Crippen LogP contribution in [0.25, 0.3) is 0 Å². The molecule has 0 spiro atoms. The Morgan fingerprint density at radius 3 is 2.30 bits per heavy atom. The molecule has 0 bridgehead atoms. The molecule has 5 fully saturated rings. The molecule has 0 saturated heterocycles. The van der Waals surface area contributed by atoms with Crippen LogP contribution in [0.5, 0.6) is 0 Å². The SMILES string of the molecule is CC(C(OC1CCC2(C)C(CCC3(C)C4CCC5(C)CCC(C=O)CC5C4=CC(=O)C32)C1(C)C)=C1CCC1)C(CCC(N)=O)C(=O)O. The molecule has 7 nitrogen and oxygen atoms in total. The van der Waals surface area contributed by atoms with E-state index in [0.29, 0.717) is 23.5 Å². The minimum Gasteiger partial charge on any atom is -0.494 e. The molecule has 5 saturated carbocycles. The van der Waals surface area contributed by atoms with E-state index in [1.165, 1.54) is 17.6 Å². The van der Waals surface area contributed by atoms with Crippen LogP contribution in [0.1, 0.15) is 131 Å². The number of nitrogens with two attached hydrogens (primary N) is 1. The van der Waals surface area contributed by atoms with Crippen LogP contribution in [-0.4, -0.2) is 35.2 Å². The summed E-state index contributed by atoms with van der Waals surface area (Å²) in [6.07, 6.45) is 15.4. The molecule has 6 aliphatic carbocycles. The minimum absolute atomic E-state index is 0.0360. The zero-order chi connectivity index (χ0) is 34.1. The fraction of sp³-hybridized carbons (Fsp3) is 0.800. The molecule has 11 atom stereocenters.